The highest BCUT2D eigenvalue weighted by Gasteiger charge is 2.35. The Bertz CT molecular complexity index is 750. The minimum absolute atomic E-state index is 0.0906. The Morgan fingerprint density at radius 1 is 0.926 bits per heavy atom. The zero-order valence-corrected chi connectivity index (χ0v) is 17.0. The van der Waals surface area contributed by atoms with Crippen LogP contribution in [0.1, 0.15) is 69.9 Å². The van der Waals surface area contributed by atoms with E-state index >= 15 is 0 Å². The van der Waals surface area contributed by atoms with E-state index in [1.807, 2.05) is 0 Å². The molecule has 0 amide bonds. The van der Waals surface area contributed by atoms with Gasteiger partial charge >= 0.3 is 0 Å². The minimum atomic E-state index is -0.0906. The van der Waals surface area contributed by atoms with Crippen LogP contribution in [0.3, 0.4) is 0 Å². The number of benzene rings is 2. The summed E-state index contributed by atoms with van der Waals surface area (Å²) in [6, 6.07) is 20.6. The molecule has 2 atom stereocenters. The highest BCUT2D eigenvalue weighted by molar-refractivity contribution is 5.64. The predicted molar refractivity (Wildman–Crippen MR) is 114 cm³/mol. The molecule has 0 bridgehead atoms. The molecule has 2 unspecified atom stereocenters. The second-order valence-corrected chi connectivity index (χ2v) is 8.41. The van der Waals surface area contributed by atoms with Crippen molar-refractivity contribution >= 4 is 0 Å². The van der Waals surface area contributed by atoms with Crippen molar-refractivity contribution in [2.75, 3.05) is 0 Å². The molecule has 1 aliphatic rings. The van der Waals surface area contributed by atoms with E-state index in [0.717, 1.165) is 38.0 Å². The van der Waals surface area contributed by atoms with Crippen LogP contribution in [-0.4, -0.2) is 0 Å². The first-order valence-corrected chi connectivity index (χ1v) is 10.8. The summed E-state index contributed by atoms with van der Waals surface area (Å²) in [7, 11) is 0. The Hall–Kier alpha value is -2.07. The Kier molecular flexibility index (Phi) is 6.73. The van der Waals surface area contributed by atoms with Crippen molar-refractivity contribution in [2.24, 2.45) is 11.3 Å². The Labute approximate surface area is 165 Å². The maximum atomic E-state index is 9.84. The van der Waals surface area contributed by atoms with Gasteiger partial charge in [0.2, 0.25) is 0 Å². The number of aryl methyl sites for hydroxylation is 2. The first kappa shape index (κ1) is 19.7. The lowest BCUT2D eigenvalue weighted by atomic mass is 9.67. The van der Waals surface area contributed by atoms with E-state index in [1.54, 1.807) is 0 Å². The molecule has 0 saturated heterocycles. The molecule has 1 saturated carbocycles. The normalized spacial score (nSPS) is 22.3. The third kappa shape index (κ3) is 5.01. The summed E-state index contributed by atoms with van der Waals surface area (Å²) in [4.78, 5) is 0. The molecule has 0 radical (unpaired) electrons. The topological polar surface area (TPSA) is 23.8 Å². The van der Waals surface area contributed by atoms with Crippen LogP contribution in [0.4, 0.5) is 0 Å². The van der Waals surface area contributed by atoms with Gasteiger partial charge in [0.05, 0.1) is 11.5 Å². The van der Waals surface area contributed by atoms with E-state index < -0.39 is 0 Å². The monoisotopic (exact) mass is 359 g/mol. The summed E-state index contributed by atoms with van der Waals surface area (Å²) >= 11 is 0. The van der Waals surface area contributed by atoms with E-state index in [2.05, 4.69) is 68.4 Å². The first-order chi connectivity index (χ1) is 13.2. The third-order valence-corrected chi connectivity index (χ3v) is 6.43. The molecule has 2 aromatic rings. The van der Waals surface area contributed by atoms with Crippen LogP contribution in [0.25, 0.3) is 11.1 Å². The summed E-state index contributed by atoms with van der Waals surface area (Å²) in [5, 5.41) is 9.84. The largest absolute Gasteiger partial charge is 0.198 e. The molecule has 0 spiro atoms. The van der Waals surface area contributed by atoms with Crippen LogP contribution in [0.2, 0.25) is 0 Å². The van der Waals surface area contributed by atoms with Gasteiger partial charge in [-0.2, -0.15) is 5.26 Å². The highest BCUT2D eigenvalue weighted by Crippen LogP contribution is 2.43. The molecular formula is C26H33N. The molecule has 1 fully saturated rings. The van der Waals surface area contributed by atoms with Crippen LogP contribution < -0.4 is 0 Å². The molecule has 27 heavy (non-hydrogen) atoms. The molecule has 3 rings (SSSR count). The molecule has 0 aromatic heterocycles. The molecule has 1 heteroatoms. The van der Waals surface area contributed by atoms with E-state index in [-0.39, 0.29) is 5.41 Å². The van der Waals surface area contributed by atoms with Gasteiger partial charge in [-0.15, -0.1) is 0 Å². The zero-order chi connectivity index (χ0) is 19.1. The number of hydrogen-bond donors (Lipinski definition) is 0. The molecular weight excluding hydrogens is 326 g/mol. The van der Waals surface area contributed by atoms with E-state index in [0.29, 0.717) is 0 Å². The lowest BCUT2D eigenvalue weighted by Crippen LogP contribution is -2.27. The Morgan fingerprint density at radius 2 is 1.52 bits per heavy atom. The van der Waals surface area contributed by atoms with Crippen LogP contribution in [0.15, 0.2) is 48.5 Å². The lowest BCUT2D eigenvalue weighted by Gasteiger charge is -2.35. The van der Waals surface area contributed by atoms with Gasteiger partial charge in [-0.05, 0) is 60.3 Å². The minimum Gasteiger partial charge on any atom is -0.198 e. The van der Waals surface area contributed by atoms with Crippen molar-refractivity contribution in [3.63, 3.8) is 0 Å². The zero-order valence-electron chi connectivity index (χ0n) is 17.0. The average molecular weight is 360 g/mol. The van der Waals surface area contributed by atoms with Gasteiger partial charge in [-0.25, -0.2) is 0 Å². The van der Waals surface area contributed by atoms with Crippen molar-refractivity contribution in [2.45, 2.75) is 71.6 Å². The van der Waals surface area contributed by atoms with Crippen LogP contribution in [0, 0.1) is 22.7 Å². The number of hydrogen-bond acceptors (Lipinski definition) is 1. The van der Waals surface area contributed by atoms with Crippen LogP contribution in [0.5, 0.6) is 0 Å². The summed E-state index contributed by atoms with van der Waals surface area (Å²) in [5.74, 6) is 0.747. The van der Waals surface area contributed by atoms with Gasteiger partial charge < -0.3 is 0 Å². The predicted octanol–water partition coefficient (Wildman–Crippen LogP) is 7.35. The quantitative estimate of drug-likeness (QED) is 0.507. The molecule has 0 heterocycles. The fraction of sp³-hybridized carbons (Fsp3) is 0.500. The Morgan fingerprint density at radius 3 is 2.04 bits per heavy atom. The second kappa shape index (κ2) is 9.23. The summed E-state index contributed by atoms with van der Waals surface area (Å²) in [6.07, 6.45) is 10.3. The third-order valence-electron chi connectivity index (χ3n) is 6.43. The van der Waals surface area contributed by atoms with Gasteiger partial charge in [-0.1, -0.05) is 88.1 Å². The fourth-order valence-corrected chi connectivity index (χ4v) is 4.62. The maximum Gasteiger partial charge on any atom is 0.0689 e. The van der Waals surface area contributed by atoms with Gasteiger partial charge in [0, 0.05) is 0 Å². The SMILES string of the molecule is CCCc1ccc(-c2ccc(CCC3(C#N)CCCC(CC)C3)cc2)cc1. The van der Waals surface area contributed by atoms with Crippen LogP contribution in [-0.2, 0) is 12.8 Å². The van der Waals surface area contributed by atoms with Crippen molar-refractivity contribution in [3.05, 3.63) is 59.7 Å². The van der Waals surface area contributed by atoms with Gasteiger partial charge in [-0.3, -0.25) is 0 Å². The van der Waals surface area contributed by atoms with E-state index in [9.17, 15) is 5.26 Å². The lowest BCUT2D eigenvalue weighted by molar-refractivity contribution is 0.183. The molecule has 2 aromatic carbocycles. The number of nitriles is 1. The van der Waals surface area contributed by atoms with Crippen molar-refractivity contribution < 1.29 is 0 Å². The Balaban J connectivity index is 1.62. The fourth-order valence-electron chi connectivity index (χ4n) is 4.62. The molecule has 0 aliphatic heterocycles. The van der Waals surface area contributed by atoms with Crippen LogP contribution >= 0.6 is 0 Å². The second-order valence-electron chi connectivity index (χ2n) is 8.41. The van der Waals surface area contributed by atoms with Gasteiger partial charge in [0.15, 0.2) is 0 Å². The molecule has 142 valence electrons. The summed E-state index contributed by atoms with van der Waals surface area (Å²) < 4.78 is 0. The van der Waals surface area contributed by atoms with Gasteiger partial charge in [0.1, 0.15) is 0 Å². The molecule has 0 N–H and O–H groups in total. The highest BCUT2D eigenvalue weighted by atomic mass is 14.4. The smallest absolute Gasteiger partial charge is 0.0689 e. The average Bonchev–Trinajstić information content (AvgIpc) is 2.73. The molecule has 1 nitrogen and oxygen atoms in total. The summed E-state index contributed by atoms with van der Waals surface area (Å²) in [6.45, 7) is 4.49. The van der Waals surface area contributed by atoms with E-state index in [4.69, 9.17) is 0 Å². The van der Waals surface area contributed by atoms with E-state index in [1.165, 1.54) is 47.9 Å². The van der Waals surface area contributed by atoms with Crippen molar-refractivity contribution in [1.29, 1.82) is 5.26 Å². The first-order valence-electron chi connectivity index (χ1n) is 10.8. The van der Waals surface area contributed by atoms with Gasteiger partial charge in [0.25, 0.3) is 0 Å². The number of rotatable bonds is 7. The standard InChI is InChI=1S/C26H33N/c1-3-6-22-8-12-24(13-9-22)25-14-10-23(11-15-25)16-18-26(20-27)17-5-7-21(4-2)19-26/h8-15,21H,3-7,16-19H2,1-2H3. The van der Waals surface area contributed by atoms with Crippen molar-refractivity contribution in [3.8, 4) is 17.2 Å². The molecule has 1 aliphatic carbocycles. The number of nitrogens with zero attached hydrogens (tertiary/aromatic N) is 1. The summed E-state index contributed by atoms with van der Waals surface area (Å²) in [5.41, 5.74) is 5.24. The van der Waals surface area contributed by atoms with Crippen molar-refractivity contribution in [1.82, 2.24) is 0 Å². The maximum absolute atomic E-state index is 9.84.